The number of carbonyl (C=O) groups excluding carboxylic acids is 1. The molecule has 2 rings (SSSR count). The minimum absolute atomic E-state index is 0.0353. The van der Waals surface area contributed by atoms with Crippen molar-refractivity contribution in [3.63, 3.8) is 0 Å². The maximum absolute atomic E-state index is 12.6. The molecule has 1 unspecified atom stereocenters. The van der Waals surface area contributed by atoms with Crippen LogP contribution in [-0.2, 0) is 11.3 Å². The van der Waals surface area contributed by atoms with E-state index in [2.05, 4.69) is 25.9 Å². The summed E-state index contributed by atoms with van der Waals surface area (Å²) in [6.45, 7) is 1.54. The number of Topliss-reactive ketones (excluding diaryl/α,β-unsaturated/α-hetero) is 1. The molecule has 0 N–H and O–H groups in total. The lowest BCUT2D eigenvalue weighted by molar-refractivity contribution is 0.0527. The molecule has 0 amide bonds. The molecule has 0 aliphatic heterocycles. The third kappa shape index (κ3) is 3.43. The molecule has 1 aliphatic rings. The molecular formula is C13H20BrN3O2. The predicted molar refractivity (Wildman–Crippen MR) is 76.3 cm³/mol. The van der Waals surface area contributed by atoms with E-state index in [1.54, 1.807) is 18.0 Å². The predicted octanol–water partition coefficient (Wildman–Crippen LogP) is 1.81. The van der Waals surface area contributed by atoms with Crippen molar-refractivity contribution < 1.29 is 9.53 Å². The molecule has 1 saturated carbocycles. The largest absolute Gasteiger partial charge is 0.373 e. The van der Waals surface area contributed by atoms with Gasteiger partial charge in [-0.15, -0.1) is 0 Å². The van der Waals surface area contributed by atoms with E-state index in [1.165, 1.54) is 0 Å². The van der Waals surface area contributed by atoms with Crippen LogP contribution in [0.3, 0.4) is 0 Å². The minimum Gasteiger partial charge on any atom is -0.373 e. The molecule has 6 heteroatoms. The van der Waals surface area contributed by atoms with Gasteiger partial charge in [-0.05, 0) is 48.8 Å². The highest BCUT2D eigenvalue weighted by Crippen LogP contribution is 2.36. The first-order valence-corrected chi connectivity index (χ1v) is 7.27. The number of likely N-dealkylation sites (N-methyl/N-ethyl adjacent to an activating group) is 1. The second-order valence-electron chi connectivity index (χ2n) is 5.23. The van der Waals surface area contributed by atoms with Gasteiger partial charge in [-0.2, -0.15) is 5.10 Å². The average molecular weight is 330 g/mol. The summed E-state index contributed by atoms with van der Waals surface area (Å²) >= 11 is 3.42. The zero-order valence-electron chi connectivity index (χ0n) is 11.6. The van der Waals surface area contributed by atoms with E-state index >= 15 is 0 Å². The molecule has 0 radical (unpaired) electrons. The Morgan fingerprint density at radius 2 is 2.32 bits per heavy atom. The van der Waals surface area contributed by atoms with Gasteiger partial charge in [0, 0.05) is 13.7 Å². The molecular weight excluding hydrogens is 310 g/mol. The van der Waals surface area contributed by atoms with Crippen LogP contribution in [-0.4, -0.2) is 54.3 Å². The van der Waals surface area contributed by atoms with Crippen molar-refractivity contribution in [3.8, 4) is 0 Å². The fourth-order valence-corrected chi connectivity index (χ4v) is 2.61. The standard InChI is InChI=1S/C13H20BrN3O2/c1-16(2)6-7-17-11(10(14)8-15-17)12(18)13(19-3)9-4-5-9/h8-9,13H,4-7H2,1-3H3. The van der Waals surface area contributed by atoms with Gasteiger partial charge in [0.1, 0.15) is 11.8 Å². The Morgan fingerprint density at radius 3 is 2.84 bits per heavy atom. The monoisotopic (exact) mass is 329 g/mol. The van der Waals surface area contributed by atoms with Gasteiger partial charge in [-0.1, -0.05) is 0 Å². The normalized spacial score (nSPS) is 16.9. The Morgan fingerprint density at radius 1 is 1.63 bits per heavy atom. The number of halogens is 1. The van der Waals surface area contributed by atoms with E-state index in [0.717, 1.165) is 23.9 Å². The van der Waals surface area contributed by atoms with Crippen LogP contribution < -0.4 is 0 Å². The lowest BCUT2D eigenvalue weighted by Crippen LogP contribution is -2.29. The van der Waals surface area contributed by atoms with Crippen molar-refractivity contribution in [1.29, 1.82) is 0 Å². The summed E-state index contributed by atoms with van der Waals surface area (Å²) in [7, 11) is 5.61. The van der Waals surface area contributed by atoms with Crippen LogP contribution in [0.1, 0.15) is 23.3 Å². The summed E-state index contributed by atoms with van der Waals surface area (Å²) in [4.78, 5) is 14.6. The number of ether oxygens (including phenoxy) is 1. The zero-order valence-corrected chi connectivity index (χ0v) is 13.2. The molecule has 0 aromatic carbocycles. The third-order valence-electron chi connectivity index (χ3n) is 3.35. The number of hydrogen-bond acceptors (Lipinski definition) is 4. The van der Waals surface area contributed by atoms with E-state index in [4.69, 9.17) is 4.74 Å². The summed E-state index contributed by atoms with van der Waals surface area (Å²) in [5.74, 6) is 0.412. The Balaban J connectivity index is 2.17. The van der Waals surface area contributed by atoms with Crippen molar-refractivity contribution in [1.82, 2.24) is 14.7 Å². The Hall–Kier alpha value is -0.720. The lowest BCUT2D eigenvalue weighted by atomic mass is 10.1. The van der Waals surface area contributed by atoms with Gasteiger partial charge in [0.2, 0.25) is 5.78 Å². The smallest absolute Gasteiger partial charge is 0.210 e. The lowest BCUT2D eigenvalue weighted by Gasteiger charge is -2.16. The summed E-state index contributed by atoms with van der Waals surface area (Å²) in [5, 5.41) is 4.27. The molecule has 1 aliphatic carbocycles. The number of hydrogen-bond donors (Lipinski definition) is 0. The highest BCUT2D eigenvalue weighted by Gasteiger charge is 2.38. The van der Waals surface area contributed by atoms with Crippen molar-refractivity contribution in [2.45, 2.75) is 25.5 Å². The molecule has 1 atom stereocenters. The molecule has 19 heavy (non-hydrogen) atoms. The van der Waals surface area contributed by atoms with E-state index in [-0.39, 0.29) is 11.9 Å². The van der Waals surface area contributed by atoms with Gasteiger partial charge < -0.3 is 9.64 Å². The van der Waals surface area contributed by atoms with Crippen LogP contribution in [0, 0.1) is 5.92 Å². The number of aromatic nitrogens is 2. The summed E-state index contributed by atoms with van der Waals surface area (Å²) in [5.41, 5.74) is 0.626. The van der Waals surface area contributed by atoms with Crippen LogP contribution in [0.5, 0.6) is 0 Å². The van der Waals surface area contributed by atoms with Crippen molar-refractivity contribution in [2.24, 2.45) is 5.92 Å². The average Bonchev–Trinajstić information content (AvgIpc) is 3.11. The van der Waals surface area contributed by atoms with Gasteiger partial charge in [0.25, 0.3) is 0 Å². The summed E-state index contributed by atoms with van der Waals surface area (Å²) < 4.78 is 7.89. The molecule has 106 valence electrons. The maximum atomic E-state index is 12.6. The van der Waals surface area contributed by atoms with E-state index < -0.39 is 0 Å². The fourth-order valence-electron chi connectivity index (χ4n) is 2.12. The van der Waals surface area contributed by atoms with E-state index in [0.29, 0.717) is 18.2 Å². The number of carbonyl (C=O) groups is 1. The second-order valence-corrected chi connectivity index (χ2v) is 6.08. The Bertz CT molecular complexity index is 455. The third-order valence-corrected chi connectivity index (χ3v) is 3.93. The van der Waals surface area contributed by atoms with E-state index in [1.807, 2.05) is 14.1 Å². The minimum atomic E-state index is -0.328. The Labute approximate surface area is 122 Å². The summed E-state index contributed by atoms with van der Waals surface area (Å²) in [6.07, 6.45) is 3.51. The first-order valence-electron chi connectivity index (χ1n) is 6.47. The van der Waals surface area contributed by atoms with Gasteiger partial charge in [-0.3, -0.25) is 9.48 Å². The molecule has 0 spiro atoms. The van der Waals surface area contributed by atoms with Crippen LogP contribution in [0.25, 0.3) is 0 Å². The second kappa shape index (κ2) is 6.15. The summed E-state index contributed by atoms with van der Waals surface area (Å²) in [6, 6.07) is 0. The van der Waals surface area contributed by atoms with Gasteiger partial charge >= 0.3 is 0 Å². The zero-order chi connectivity index (χ0) is 14.0. The van der Waals surface area contributed by atoms with Gasteiger partial charge in [0.15, 0.2) is 0 Å². The molecule has 1 aromatic heterocycles. The van der Waals surface area contributed by atoms with Crippen LogP contribution in [0.15, 0.2) is 10.7 Å². The van der Waals surface area contributed by atoms with Gasteiger partial charge in [-0.25, -0.2) is 0 Å². The van der Waals surface area contributed by atoms with Crippen molar-refractivity contribution in [3.05, 3.63) is 16.4 Å². The number of ketones is 1. The highest BCUT2D eigenvalue weighted by atomic mass is 79.9. The molecule has 5 nitrogen and oxygen atoms in total. The fraction of sp³-hybridized carbons (Fsp3) is 0.692. The van der Waals surface area contributed by atoms with Gasteiger partial charge in [0.05, 0.1) is 17.2 Å². The number of nitrogens with zero attached hydrogens (tertiary/aromatic N) is 3. The van der Waals surface area contributed by atoms with Crippen LogP contribution >= 0.6 is 15.9 Å². The highest BCUT2D eigenvalue weighted by molar-refractivity contribution is 9.10. The molecule has 1 fully saturated rings. The Kier molecular flexibility index (Phi) is 4.76. The van der Waals surface area contributed by atoms with Crippen molar-refractivity contribution >= 4 is 21.7 Å². The molecule has 0 bridgehead atoms. The SMILES string of the molecule is COC(C(=O)c1c(Br)cnn1CCN(C)C)C1CC1. The first-order chi connectivity index (χ1) is 9.04. The van der Waals surface area contributed by atoms with E-state index in [9.17, 15) is 4.79 Å². The molecule has 1 aromatic rings. The van der Waals surface area contributed by atoms with Crippen LogP contribution in [0.4, 0.5) is 0 Å². The molecule has 0 saturated heterocycles. The molecule has 1 heterocycles. The van der Waals surface area contributed by atoms with Crippen molar-refractivity contribution in [2.75, 3.05) is 27.7 Å². The maximum Gasteiger partial charge on any atom is 0.210 e. The van der Waals surface area contributed by atoms with Crippen LogP contribution in [0.2, 0.25) is 0 Å². The first kappa shape index (κ1) is 14.7. The number of rotatable bonds is 7. The quantitative estimate of drug-likeness (QED) is 0.716. The number of methoxy groups -OCH3 is 1. The topological polar surface area (TPSA) is 47.4 Å².